The molecular formula is C20H24N6O. The van der Waals surface area contributed by atoms with Crippen LogP contribution in [-0.4, -0.2) is 38.9 Å². The molecule has 0 fully saturated rings. The van der Waals surface area contributed by atoms with Crippen LogP contribution in [0.25, 0.3) is 22.3 Å². The Bertz CT molecular complexity index is 962. The number of fused-ring (bicyclic) bond motifs is 2. The number of amides is 1. The molecule has 3 aromatic rings. The lowest BCUT2D eigenvalue weighted by Crippen LogP contribution is -2.42. The average Bonchev–Trinajstić information content (AvgIpc) is 3.18. The van der Waals surface area contributed by atoms with Gasteiger partial charge in [-0.25, -0.2) is 15.0 Å². The first kappa shape index (κ1) is 17.5. The Morgan fingerprint density at radius 2 is 2.07 bits per heavy atom. The van der Waals surface area contributed by atoms with Crippen molar-refractivity contribution >= 4 is 28.6 Å². The van der Waals surface area contributed by atoms with E-state index in [4.69, 9.17) is 4.98 Å². The Hall–Kier alpha value is -2.96. The predicted molar refractivity (Wildman–Crippen MR) is 107 cm³/mol. The number of nitrogens with zero attached hydrogens (tertiary/aromatic N) is 4. The van der Waals surface area contributed by atoms with E-state index in [0.29, 0.717) is 24.1 Å². The molecule has 3 aromatic heterocycles. The zero-order chi connectivity index (χ0) is 18.8. The molecule has 27 heavy (non-hydrogen) atoms. The number of pyridine rings is 1. The summed E-state index contributed by atoms with van der Waals surface area (Å²) in [6.45, 7) is 5.34. The van der Waals surface area contributed by atoms with Crippen molar-refractivity contribution in [1.82, 2.24) is 19.9 Å². The van der Waals surface area contributed by atoms with Crippen molar-refractivity contribution in [2.75, 3.05) is 23.3 Å². The Labute approximate surface area is 158 Å². The Balaban J connectivity index is 1.70. The fourth-order valence-corrected chi connectivity index (χ4v) is 3.62. The highest BCUT2D eigenvalue weighted by Crippen LogP contribution is 2.31. The summed E-state index contributed by atoms with van der Waals surface area (Å²) in [5.74, 6) is 1.95. The van der Waals surface area contributed by atoms with E-state index in [0.717, 1.165) is 41.6 Å². The number of H-pyrrole nitrogens is 1. The van der Waals surface area contributed by atoms with Crippen LogP contribution >= 0.6 is 0 Å². The third-order valence-electron chi connectivity index (χ3n) is 5.37. The van der Waals surface area contributed by atoms with E-state index >= 15 is 0 Å². The molecule has 0 bridgehead atoms. The SMILES string of the molecule is CCC(CC)CCN1C(=O)CNc2ncc(-c3ccnc4[nH]ccc34)nc21. The summed E-state index contributed by atoms with van der Waals surface area (Å²) in [5.41, 5.74) is 2.51. The maximum atomic E-state index is 12.5. The van der Waals surface area contributed by atoms with Gasteiger partial charge in [-0.05, 0) is 24.5 Å². The van der Waals surface area contributed by atoms with Gasteiger partial charge in [0.25, 0.3) is 0 Å². The maximum absolute atomic E-state index is 12.5. The van der Waals surface area contributed by atoms with Crippen LogP contribution in [0, 0.1) is 5.92 Å². The molecule has 4 rings (SSSR count). The lowest BCUT2D eigenvalue weighted by molar-refractivity contribution is -0.117. The van der Waals surface area contributed by atoms with Gasteiger partial charge in [0.1, 0.15) is 5.65 Å². The summed E-state index contributed by atoms with van der Waals surface area (Å²) in [6, 6.07) is 3.91. The number of aromatic nitrogens is 4. The van der Waals surface area contributed by atoms with Gasteiger partial charge in [0, 0.05) is 29.9 Å². The van der Waals surface area contributed by atoms with Gasteiger partial charge >= 0.3 is 0 Å². The fraction of sp³-hybridized carbons (Fsp3) is 0.400. The summed E-state index contributed by atoms with van der Waals surface area (Å²) in [4.78, 5) is 31.1. The van der Waals surface area contributed by atoms with Crippen LogP contribution in [0.4, 0.5) is 11.6 Å². The van der Waals surface area contributed by atoms with Gasteiger partial charge in [0.15, 0.2) is 11.6 Å². The van der Waals surface area contributed by atoms with Crippen LogP contribution in [-0.2, 0) is 4.79 Å². The fourth-order valence-electron chi connectivity index (χ4n) is 3.62. The summed E-state index contributed by atoms with van der Waals surface area (Å²) in [5, 5.41) is 4.08. The normalized spacial score (nSPS) is 13.9. The van der Waals surface area contributed by atoms with Gasteiger partial charge in [-0.1, -0.05) is 26.7 Å². The number of hydrogen-bond acceptors (Lipinski definition) is 5. The van der Waals surface area contributed by atoms with E-state index in [1.54, 1.807) is 17.3 Å². The zero-order valence-corrected chi connectivity index (χ0v) is 15.7. The van der Waals surface area contributed by atoms with E-state index < -0.39 is 0 Å². The molecule has 2 N–H and O–H groups in total. The van der Waals surface area contributed by atoms with Crippen molar-refractivity contribution in [2.24, 2.45) is 5.92 Å². The highest BCUT2D eigenvalue weighted by atomic mass is 16.2. The number of hydrogen-bond donors (Lipinski definition) is 2. The number of carbonyl (C=O) groups is 1. The molecular weight excluding hydrogens is 340 g/mol. The molecule has 140 valence electrons. The minimum Gasteiger partial charge on any atom is -0.358 e. The van der Waals surface area contributed by atoms with E-state index in [-0.39, 0.29) is 12.5 Å². The number of rotatable bonds is 6. The van der Waals surface area contributed by atoms with Crippen molar-refractivity contribution in [3.05, 3.63) is 30.7 Å². The second-order valence-corrected chi connectivity index (χ2v) is 6.90. The van der Waals surface area contributed by atoms with Crippen molar-refractivity contribution in [2.45, 2.75) is 33.1 Å². The topological polar surface area (TPSA) is 86.8 Å². The van der Waals surface area contributed by atoms with Crippen molar-refractivity contribution in [1.29, 1.82) is 0 Å². The van der Waals surface area contributed by atoms with Crippen LogP contribution in [0.2, 0.25) is 0 Å². The molecule has 0 saturated carbocycles. The smallest absolute Gasteiger partial charge is 0.247 e. The van der Waals surface area contributed by atoms with E-state index in [2.05, 4.69) is 34.1 Å². The molecule has 0 aliphatic carbocycles. The molecule has 0 saturated heterocycles. The third kappa shape index (κ3) is 3.25. The van der Waals surface area contributed by atoms with Gasteiger partial charge in [0.2, 0.25) is 5.91 Å². The van der Waals surface area contributed by atoms with Crippen LogP contribution in [0.1, 0.15) is 33.1 Å². The summed E-state index contributed by atoms with van der Waals surface area (Å²) < 4.78 is 0. The van der Waals surface area contributed by atoms with Crippen LogP contribution in [0.3, 0.4) is 0 Å². The first-order valence-electron chi connectivity index (χ1n) is 9.55. The van der Waals surface area contributed by atoms with E-state index in [1.807, 2.05) is 18.3 Å². The van der Waals surface area contributed by atoms with Crippen molar-refractivity contribution < 1.29 is 4.79 Å². The number of anilines is 2. The predicted octanol–water partition coefficient (Wildman–Crippen LogP) is 3.60. The Morgan fingerprint density at radius 3 is 2.89 bits per heavy atom. The largest absolute Gasteiger partial charge is 0.358 e. The quantitative estimate of drug-likeness (QED) is 0.698. The zero-order valence-electron chi connectivity index (χ0n) is 15.7. The molecule has 0 aromatic carbocycles. The average molecular weight is 364 g/mol. The molecule has 4 heterocycles. The molecule has 0 unspecified atom stereocenters. The third-order valence-corrected chi connectivity index (χ3v) is 5.37. The number of aromatic amines is 1. The minimum absolute atomic E-state index is 0.0430. The van der Waals surface area contributed by atoms with Gasteiger partial charge in [-0.2, -0.15) is 0 Å². The first-order valence-corrected chi connectivity index (χ1v) is 9.55. The number of carbonyl (C=O) groups excluding carboxylic acids is 1. The van der Waals surface area contributed by atoms with E-state index in [1.165, 1.54) is 0 Å². The Morgan fingerprint density at radius 1 is 1.22 bits per heavy atom. The summed E-state index contributed by atoms with van der Waals surface area (Å²) in [6.07, 6.45) is 8.59. The van der Waals surface area contributed by atoms with Crippen LogP contribution in [0.15, 0.2) is 30.7 Å². The first-order chi connectivity index (χ1) is 13.2. The molecule has 1 amide bonds. The summed E-state index contributed by atoms with van der Waals surface area (Å²) in [7, 11) is 0. The van der Waals surface area contributed by atoms with E-state index in [9.17, 15) is 4.79 Å². The second kappa shape index (κ2) is 7.34. The lowest BCUT2D eigenvalue weighted by Gasteiger charge is -2.29. The molecule has 7 nitrogen and oxygen atoms in total. The molecule has 0 atom stereocenters. The van der Waals surface area contributed by atoms with Crippen molar-refractivity contribution in [3.63, 3.8) is 0 Å². The van der Waals surface area contributed by atoms with Gasteiger partial charge in [-0.3, -0.25) is 9.69 Å². The lowest BCUT2D eigenvalue weighted by atomic mass is 9.99. The Kier molecular flexibility index (Phi) is 4.75. The molecule has 0 radical (unpaired) electrons. The monoisotopic (exact) mass is 364 g/mol. The van der Waals surface area contributed by atoms with Crippen LogP contribution in [0.5, 0.6) is 0 Å². The maximum Gasteiger partial charge on any atom is 0.247 e. The molecule has 1 aliphatic heterocycles. The molecule has 0 spiro atoms. The van der Waals surface area contributed by atoms with Gasteiger partial charge < -0.3 is 10.3 Å². The standard InChI is InChI=1S/C20H24N6O/c1-3-13(4-2)7-10-26-17(27)12-24-19-20(26)25-16(11-23-19)14-5-8-21-18-15(14)6-9-22-18/h5-6,8-9,11,13H,3-4,7,10,12H2,1-2H3,(H,21,22)(H,23,24). The summed E-state index contributed by atoms with van der Waals surface area (Å²) >= 11 is 0. The molecule has 1 aliphatic rings. The second-order valence-electron chi connectivity index (χ2n) is 6.90. The van der Waals surface area contributed by atoms with Gasteiger partial charge in [0.05, 0.1) is 18.4 Å². The molecule has 7 heteroatoms. The minimum atomic E-state index is 0.0430. The highest BCUT2D eigenvalue weighted by Gasteiger charge is 2.27. The number of nitrogens with one attached hydrogen (secondary N) is 2. The van der Waals surface area contributed by atoms with Crippen molar-refractivity contribution in [3.8, 4) is 11.3 Å². The van der Waals surface area contributed by atoms with Crippen LogP contribution < -0.4 is 10.2 Å². The highest BCUT2D eigenvalue weighted by molar-refractivity contribution is 6.01. The van der Waals surface area contributed by atoms with Gasteiger partial charge in [-0.15, -0.1) is 0 Å².